The van der Waals surface area contributed by atoms with Gasteiger partial charge in [-0.3, -0.25) is 15.5 Å². The second kappa shape index (κ2) is 8.38. The predicted molar refractivity (Wildman–Crippen MR) is 105 cm³/mol. The average Bonchev–Trinajstić information content (AvgIpc) is 2.51. The van der Waals surface area contributed by atoms with Crippen LogP contribution in [0.4, 0.5) is 11.5 Å². The summed E-state index contributed by atoms with van der Waals surface area (Å²) in [6.07, 6.45) is 2.84. The van der Waals surface area contributed by atoms with Crippen molar-refractivity contribution in [3.05, 3.63) is 53.3 Å². The number of hydrogen-bond acceptors (Lipinski definition) is 6. The highest BCUT2D eigenvalue weighted by atomic mass is 127. The van der Waals surface area contributed by atoms with Crippen molar-refractivity contribution in [1.82, 2.24) is 4.98 Å². The van der Waals surface area contributed by atoms with Crippen LogP contribution in [0.1, 0.15) is 12.5 Å². The van der Waals surface area contributed by atoms with Crippen LogP contribution in [-0.4, -0.2) is 22.7 Å². The minimum absolute atomic E-state index is 0.0600. The van der Waals surface area contributed by atoms with Gasteiger partial charge < -0.3 is 4.74 Å². The maximum Gasteiger partial charge on any atom is 0.287 e. The van der Waals surface area contributed by atoms with Gasteiger partial charge in [-0.05, 0) is 75.9 Å². The molecular formula is C14H12I2N4O3. The third kappa shape index (κ3) is 4.99. The largest absolute Gasteiger partial charge is 0.492 e. The number of ether oxygens (including phenoxy) is 1. The topological polar surface area (TPSA) is 89.6 Å². The van der Waals surface area contributed by atoms with Gasteiger partial charge >= 0.3 is 0 Å². The number of pyridine rings is 1. The molecule has 1 heterocycles. The first-order chi connectivity index (χ1) is 11.0. The molecule has 0 atom stereocenters. The first kappa shape index (κ1) is 17.8. The molecule has 0 saturated heterocycles. The van der Waals surface area contributed by atoms with E-state index < -0.39 is 4.92 Å². The molecule has 0 bridgehead atoms. The Labute approximate surface area is 160 Å². The van der Waals surface area contributed by atoms with Gasteiger partial charge in [-0.2, -0.15) is 5.10 Å². The normalized spacial score (nSPS) is 10.7. The number of hydrogen-bond donors (Lipinski definition) is 1. The molecule has 2 rings (SSSR count). The Balaban J connectivity index is 2.07. The van der Waals surface area contributed by atoms with Gasteiger partial charge in [-0.15, -0.1) is 0 Å². The molecule has 0 aliphatic heterocycles. The molecule has 7 nitrogen and oxygen atoms in total. The fourth-order valence-corrected chi connectivity index (χ4v) is 3.80. The lowest BCUT2D eigenvalue weighted by Gasteiger charge is -2.09. The van der Waals surface area contributed by atoms with E-state index in [1.807, 2.05) is 19.1 Å². The van der Waals surface area contributed by atoms with Gasteiger partial charge in [-0.1, -0.05) is 0 Å². The number of nitrogens with zero attached hydrogens (tertiary/aromatic N) is 3. The molecule has 23 heavy (non-hydrogen) atoms. The lowest BCUT2D eigenvalue weighted by atomic mass is 10.2. The first-order valence-corrected chi connectivity index (χ1v) is 8.68. The molecule has 120 valence electrons. The third-order valence-corrected chi connectivity index (χ3v) is 4.26. The molecule has 1 aromatic carbocycles. The Hall–Kier alpha value is -1.50. The van der Waals surface area contributed by atoms with E-state index in [4.69, 9.17) is 4.74 Å². The van der Waals surface area contributed by atoms with Gasteiger partial charge in [0.2, 0.25) is 0 Å². The predicted octanol–water partition coefficient (Wildman–Crippen LogP) is 4.04. The smallest absolute Gasteiger partial charge is 0.287 e. The molecule has 0 saturated carbocycles. The minimum Gasteiger partial charge on any atom is -0.492 e. The summed E-state index contributed by atoms with van der Waals surface area (Å²) < 4.78 is 7.60. The van der Waals surface area contributed by atoms with Crippen LogP contribution in [0.3, 0.4) is 0 Å². The SMILES string of the molecule is CCOc1c(I)cc(/C=N/Nc2ccc([N+](=O)[O-])cn2)cc1I. The molecule has 0 spiro atoms. The number of rotatable bonds is 6. The van der Waals surface area contributed by atoms with Gasteiger partial charge in [0, 0.05) is 6.07 Å². The Morgan fingerprint density at radius 2 is 2.09 bits per heavy atom. The molecule has 1 aromatic heterocycles. The maximum atomic E-state index is 10.6. The van der Waals surface area contributed by atoms with Gasteiger partial charge in [0.15, 0.2) is 0 Å². The molecule has 0 unspecified atom stereocenters. The van der Waals surface area contributed by atoms with Gasteiger partial charge in [0.1, 0.15) is 17.8 Å². The number of nitrogens with one attached hydrogen (secondary N) is 1. The average molecular weight is 538 g/mol. The minimum atomic E-state index is -0.496. The fourth-order valence-electron chi connectivity index (χ4n) is 1.67. The second-order valence-electron chi connectivity index (χ2n) is 4.28. The Morgan fingerprint density at radius 1 is 1.39 bits per heavy atom. The molecule has 0 aliphatic rings. The fraction of sp³-hybridized carbons (Fsp3) is 0.143. The van der Waals surface area contributed by atoms with Crippen molar-refractivity contribution in [1.29, 1.82) is 0 Å². The number of hydrazone groups is 1. The first-order valence-electron chi connectivity index (χ1n) is 6.52. The molecule has 2 aromatic rings. The summed E-state index contributed by atoms with van der Waals surface area (Å²) in [6.45, 7) is 2.56. The van der Waals surface area contributed by atoms with Crippen LogP contribution in [-0.2, 0) is 0 Å². The summed E-state index contributed by atoms with van der Waals surface area (Å²) in [7, 11) is 0. The summed E-state index contributed by atoms with van der Waals surface area (Å²) >= 11 is 4.44. The summed E-state index contributed by atoms with van der Waals surface area (Å²) in [5.74, 6) is 1.30. The van der Waals surface area contributed by atoms with Crippen LogP contribution in [0.5, 0.6) is 5.75 Å². The van der Waals surface area contributed by atoms with Crippen LogP contribution in [0.2, 0.25) is 0 Å². The van der Waals surface area contributed by atoms with E-state index in [2.05, 4.69) is 60.7 Å². The van der Waals surface area contributed by atoms with Crippen LogP contribution >= 0.6 is 45.2 Å². The molecule has 0 aliphatic carbocycles. The van der Waals surface area contributed by atoms with E-state index in [0.29, 0.717) is 12.4 Å². The molecule has 9 heteroatoms. The quantitative estimate of drug-likeness (QED) is 0.260. The molecule has 1 N–H and O–H groups in total. The van der Waals surface area contributed by atoms with Crippen LogP contribution in [0.15, 0.2) is 35.6 Å². The van der Waals surface area contributed by atoms with Crippen molar-refractivity contribution in [2.75, 3.05) is 12.0 Å². The summed E-state index contributed by atoms with van der Waals surface area (Å²) in [4.78, 5) is 14.0. The number of nitro groups is 1. The van der Waals surface area contributed by atoms with Crippen molar-refractivity contribution >= 4 is 62.9 Å². The van der Waals surface area contributed by atoms with E-state index in [9.17, 15) is 10.1 Å². The van der Waals surface area contributed by atoms with Crippen molar-refractivity contribution in [3.8, 4) is 5.75 Å². The number of aromatic nitrogens is 1. The molecule has 0 radical (unpaired) electrons. The van der Waals surface area contributed by atoms with E-state index in [0.717, 1.165) is 18.5 Å². The van der Waals surface area contributed by atoms with E-state index in [1.54, 1.807) is 6.21 Å². The Morgan fingerprint density at radius 3 is 2.61 bits per heavy atom. The van der Waals surface area contributed by atoms with E-state index in [1.165, 1.54) is 18.3 Å². The zero-order valence-electron chi connectivity index (χ0n) is 12.0. The Bertz CT molecular complexity index is 712. The lowest BCUT2D eigenvalue weighted by Crippen LogP contribution is -1.99. The van der Waals surface area contributed by atoms with Crippen molar-refractivity contribution in [2.24, 2.45) is 5.10 Å². The maximum absolute atomic E-state index is 10.6. The van der Waals surface area contributed by atoms with Gasteiger partial charge in [-0.25, -0.2) is 4.98 Å². The highest BCUT2D eigenvalue weighted by Crippen LogP contribution is 2.28. The number of anilines is 1. The molecule has 0 fully saturated rings. The van der Waals surface area contributed by atoms with Crippen molar-refractivity contribution in [2.45, 2.75) is 6.92 Å². The van der Waals surface area contributed by atoms with Crippen LogP contribution in [0, 0.1) is 17.3 Å². The second-order valence-corrected chi connectivity index (χ2v) is 6.60. The van der Waals surface area contributed by atoms with E-state index in [-0.39, 0.29) is 5.69 Å². The zero-order chi connectivity index (χ0) is 16.8. The van der Waals surface area contributed by atoms with Crippen LogP contribution < -0.4 is 10.2 Å². The molecular weight excluding hydrogens is 526 g/mol. The number of benzene rings is 1. The third-order valence-electron chi connectivity index (χ3n) is 2.66. The molecule has 0 amide bonds. The Kier molecular flexibility index (Phi) is 6.50. The number of halogens is 2. The monoisotopic (exact) mass is 538 g/mol. The highest BCUT2D eigenvalue weighted by Gasteiger charge is 2.07. The van der Waals surface area contributed by atoms with Gasteiger partial charge in [0.05, 0.1) is 24.9 Å². The summed E-state index contributed by atoms with van der Waals surface area (Å²) in [5, 5.41) is 14.6. The highest BCUT2D eigenvalue weighted by molar-refractivity contribution is 14.1. The summed E-state index contributed by atoms with van der Waals surface area (Å²) in [5.41, 5.74) is 3.59. The van der Waals surface area contributed by atoms with Crippen LogP contribution in [0.25, 0.3) is 0 Å². The van der Waals surface area contributed by atoms with Gasteiger partial charge in [0.25, 0.3) is 5.69 Å². The van der Waals surface area contributed by atoms with E-state index >= 15 is 0 Å². The summed E-state index contributed by atoms with van der Waals surface area (Å²) in [6, 6.07) is 6.79. The van der Waals surface area contributed by atoms with Crippen molar-refractivity contribution < 1.29 is 9.66 Å². The standard InChI is InChI=1S/C14H12I2N4O3/c1-2-23-14-11(15)5-9(6-12(14)16)7-18-19-13-4-3-10(8-17-13)20(21)22/h3-8H,2H2,1H3,(H,17,19)/b18-7+. The zero-order valence-corrected chi connectivity index (χ0v) is 16.3. The lowest BCUT2D eigenvalue weighted by molar-refractivity contribution is -0.385. The van der Waals surface area contributed by atoms with Crippen molar-refractivity contribution in [3.63, 3.8) is 0 Å².